The van der Waals surface area contributed by atoms with Crippen LogP contribution < -0.4 is 4.72 Å². The first-order valence-electron chi connectivity index (χ1n) is 7.66. The van der Waals surface area contributed by atoms with Gasteiger partial charge in [-0.25, -0.2) is 13.1 Å². The number of fused-ring (bicyclic) bond motifs is 1. The second-order valence-electron chi connectivity index (χ2n) is 5.44. The van der Waals surface area contributed by atoms with Crippen LogP contribution in [0.3, 0.4) is 0 Å². The van der Waals surface area contributed by atoms with Gasteiger partial charge < -0.3 is 5.11 Å². The van der Waals surface area contributed by atoms with Crippen molar-refractivity contribution in [3.63, 3.8) is 0 Å². The van der Waals surface area contributed by atoms with E-state index in [0.29, 0.717) is 12.8 Å². The predicted octanol–water partition coefficient (Wildman–Crippen LogP) is 2.98. The fraction of sp³-hybridized carbons (Fsp3) is 0.412. The van der Waals surface area contributed by atoms with Crippen LogP contribution in [0.2, 0.25) is 0 Å². The molecule has 0 aromatic heterocycles. The van der Waals surface area contributed by atoms with Crippen LogP contribution in [0.15, 0.2) is 42.5 Å². The molecule has 0 saturated heterocycles. The van der Waals surface area contributed by atoms with Crippen molar-refractivity contribution in [2.45, 2.75) is 32.3 Å². The van der Waals surface area contributed by atoms with Gasteiger partial charge in [0.25, 0.3) is 0 Å². The van der Waals surface area contributed by atoms with Crippen molar-refractivity contribution in [2.75, 3.05) is 12.3 Å². The Morgan fingerprint density at radius 2 is 1.86 bits per heavy atom. The Labute approximate surface area is 132 Å². The molecule has 1 atom stereocenters. The summed E-state index contributed by atoms with van der Waals surface area (Å²) in [5.41, 5.74) is 0.839. The third kappa shape index (κ3) is 4.53. The first-order chi connectivity index (χ1) is 10.5. The molecule has 5 heteroatoms. The number of benzene rings is 2. The highest BCUT2D eigenvalue weighted by Gasteiger charge is 2.13. The number of hydrogen-bond donors (Lipinski definition) is 2. The van der Waals surface area contributed by atoms with Crippen LogP contribution in [0.25, 0.3) is 10.8 Å². The van der Waals surface area contributed by atoms with Crippen molar-refractivity contribution in [1.29, 1.82) is 0 Å². The summed E-state index contributed by atoms with van der Waals surface area (Å²) >= 11 is 0. The fourth-order valence-corrected chi connectivity index (χ4v) is 3.70. The van der Waals surface area contributed by atoms with E-state index < -0.39 is 16.1 Å². The Morgan fingerprint density at radius 1 is 1.14 bits per heavy atom. The first kappa shape index (κ1) is 16.9. The van der Waals surface area contributed by atoms with Gasteiger partial charge in [0.05, 0.1) is 11.9 Å². The molecule has 0 spiro atoms. The average Bonchev–Trinajstić information content (AvgIpc) is 2.52. The zero-order chi connectivity index (χ0) is 16.0. The lowest BCUT2D eigenvalue weighted by Gasteiger charge is -2.14. The van der Waals surface area contributed by atoms with Gasteiger partial charge >= 0.3 is 0 Å². The Hall–Kier alpha value is -1.43. The van der Waals surface area contributed by atoms with Crippen LogP contribution in [-0.4, -0.2) is 25.8 Å². The molecule has 2 aromatic rings. The lowest BCUT2D eigenvalue weighted by molar-refractivity contribution is 0.170. The zero-order valence-corrected chi connectivity index (χ0v) is 13.6. The normalized spacial score (nSPS) is 13.4. The van der Waals surface area contributed by atoms with Gasteiger partial charge in [0.2, 0.25) is 10.0 Å². The minimum atomic E-state index is -3.23. The van der Waals surface area contributed by atoms with Crippen molar-refractivity contribution in [3.8, 4) is 0 Å². The summed E-state index contributed by atoms with van der Waals surface area (Å²) in [7, 11) is -3.23. The number of aliphatic hydroxyl groups is 1. The number of hydrogen-bond acceptors (Lipinski definition) is 3. The Balaban J connectivity index is 1.99. The van der Waals surface area contributed by atoms with E-state index in [1.807, 2.05) is 49.4 Å². The van der Waals surface area contributed by atoms with Gasteiger partial charge in [0.15, 0.2) is 0 Å². The van der Waals surface area contributed by atoms with E-state index in [9.17, 15) is 13.5 Å². The number of nitrogens with one attached hydrogen (secondary N) is 1. The molecule has 0 radical (unpaired) electrons. The van der Waals surface area contributed by atoms with Crippen molar-refractivity contribution < 1.29 is 13.5 Å². The number of sulfonamides is 1. The summed E-state index contributed by atoms with van der Waals surface area (Å²) in [6.07, 6.45) is 1.18. The van der Waals surface area contributed by atoms with Crippen LogP contribution in [0.5, 0.6) is 0 Å². The highest BCUT2D eigenvalue weighted by atomic mass is 32.2. The molecule has 2 N–H and O–H groups in total. The third-order valence-corrected chi connectivity index (χ3v) is 5.16. The molecule has 0 aliphatic carbocycles. The van der Waals surface area contributed by atoms with Gasteiger partial charge in [-0.15, -0.1) is 0 Å². The van der Waals surface area contributed by atoms with E-state index in [4.69, 9.17) is 0 Å². The minimum Gasteiger partial charge on any atom is -0.388 e. The summed E-state index contributed by atoms with van der Waals surface area (Å²) in [6.45, 7) is 2.20. The highest BCUT2D eigenvalue weighted by Crippen LogP contribution is 2.25. The molecule has 2 rings (SSSR count). The molecule has 0 saturated carbocycles. The first-order valence-corrected chi connectivity index (χ1v) is 9.32. The van der Waals surface area contributed by atoms with E-state index in [1.165, 1.54) is 0 Å². The second kappa shape index (κ2) is 7.72. The molecule has 1 unspecified atom stereocenters. The SMILES string of the molecule is CCCCS(=O)(=O)NCCC(O)c1cccc2ccccc12. The summed E-state index contributed by atoms with van der Waals surface area (Å²) in [4.78, 5) is 0. The molecular weight excluding hydrogens is 298 g/mol. The molecular formula is C17H23NO3S. The summed E-state index contributed by atoms with van der Waals surface area (Å²) in [5, 5.41) is 12.4. The standard InChI is InChI=1S/C17H23NO3S/c1-2-3-13-22(20,21)18-12-11-17(19)16-10-6-8-14-7-4-5-9-15(14)16/h4-10,17-19H,2-3,11-13H2,1H3. The van der Waals surface area contributed by atoms with Gasteiger partial charge in [-0.05, 0) is 29.2 Å². The highest BCUT2D eigenvalue weighted by molar-refractivity contribution is 7.89. The smallest absolute Gasteiger partial charge is 0.211 e. The maximum Gasteiger partial charge on any atom is 0.211 e. The van der Waals surface area contributed by atoms with E-state index in [-0.39, 0.29) is 12.3 Å². The largest absolute Gasteiger partial charge is 0.388 e. The summed E-state index contributed by atoms with van der Waals surface area (Å²) < 4.78 is 26.0. The number of unbranched alkanes of at least 4 members (excludes halogenated alkanes) is 1. The molecule has 2 aromatic carbocycles. The van der Waals surface area contributed by atoms with Crippen LogP contribution in [0, 0.1) is 0 Å². The second-order valence-corrected chi connectivity index (χ2v) is 7.37. The lowest BCUT2D eigenvalue weighted by atomic mass is 9.99. The summed E-state index contributed by atoms with van der Waals surface area (Å²) in [6, 6.07) is 13.7. The van der Waals surface area contributed by atoms with Crippen LogP contribution >= 0.6 is 0 Å². The van der Waals surface area contributed by atoms with Gasteiger partial charge in [0.1, 0.15) is 0 Å². The van der Waals surface area contributed by atoms with E-state index in [2.05, 4.69) is 4.72 Å². The van der Waals surface area contributed by atoms with Gasteiger partial charge in [-0.1, -0.05) is 55.8 Å². The Bertz CT molecular complexity index is 707. The van der Waals surface area contributed by atoms with Crippen molar-refractivity contribution in [3.05, 3.63) is 48.0 Å². The molecule has 0 amide bonds. The van der Waals surface area contributed by atoms with E-state index in [1.54, 1.807) is 0 Å². The molecule has 120 valence electrons. The molecule has 0 aliphatic heterocycles. The topological polar surface area (TPSA) is 66.4 Å². The molecule has 0 aliphatic rings. The fourth-order valence-electron chi connectivity index (χ4n) is 2.45. The molecule has 0 fully saturated rings. The van der Waals surface area contributed by atoms with E-state index in [0.717, 1.165) is 22.8 Å². The van der Waals surface area contributed by atoms with Crippen LogP contribution in [0.4, 0.5) is 0 Å². The van der Waals surface area contributed by atoms with Gasteiger partial charge in [0, 0.05) is 6.54 Å². The minimum absolute atomic E-state index is 0.147. The van der Waals surface area contributed by atoms with Crippen LogP contribution in [0.1, 0.15) is 37.9 Å². The predicted molar refractivity (Wildman–Crippen MR) is 90.2 cm³/mol. The van der Waals surface area contributed by atoms with E-state index >= 15 is 0 Å². The van der Waals surface area contributed by atoms with Gasteiger partial charge in [-0.2, -0.15) is 0 Å². The number of rotatable bonds is 8. The maximum absolute atomic E-state index is 11.7. The molecule has 0 heterocycles. The van der Waals surface area contributed by atoms with Crippen molar-refractivity contribution in [2.24, 2.45) is 0 Å². The van der Waals surface area contributed by atoms with Crippen LogP contribution in [-0.2, 0) is 10.0 Å². The quantitative estimate of drug-likeness (QED) is 0.785. The summed E-state index contributed by atoms with van der Waals surface area (Å²) in [5.74, 6) is 0.147. The Morgan fingerprint density at radius 3 is 2.64 bits per heavy atom. The number of aliphatic hydroxyl groups excluding tert-OH is 1. The Kier molecular flexibility index (Phi) is 5.94. The van der Waals surface area contributed by atoms with Gasteiger partial charge in [-0.3, -0.25) is 0 Å². The maximum atomic E-state index is 11.7. The monoisotopic (exact) mass is 321 g/mol. The third-order valence-electron chi connectivity index (χ3n) is 3.69. The van der Waals surface area contributed by atoms with Crippen molar-refractivity contribution in [1.82, 2.24) is 4.72 Å². The molecule has 22 heavy (non-hydrogen) atoms. The lowest BCUT2D eigenvalue weighted by Crippen LogP contribution is -2.28. The van der Waals surface area contributed by atoms with Crippen molar-refractivity contribution >= 4 is 20.8 Å². The molecule has 0 bridgehead atoms. The molecule has 4 nitrogen and oxygen atoms in total. The average molecular weight is 321 g/mol. The zero-order valence-electron chi connectivity index (χ0n) is 12.8.